The van der Waals surface area contributed by atoms with Crippen molar-refractivity contribution in [1.29, 1.82) is 0 Å². The van der Waals surface area contributed by atoms with Gasteiger partial charge in [-0.3, -0.25) is 9.59 Å². The lowest BCUT2D eigenvalue weighted by atomic mass is 9.84. The minimum atomic E-state index is -0.731. The lowest BCUT2D eigenvalue weighted by molar-refractivity contribution is -0.114. The zero-order valence-electron chi connectivity index (χ0n) is 11.9. The second-order valence-corrected chi connectivity index (χ2v) is 6.28. The van der Waals surface area contributed by atoms with E-state index >= 15 is 0 Å². The van der Waals surface area contributed by atoms with E-state index in [1.165, 1.54) is 17.0 Å². The molecule has 0 saturated carbocycles. The largest absolute Gasteiger partial charge is 0.301 e. The third-order valence-corrected chi connectivity index (χ3v) is 5.80. The maximum atomic E-state index is 14.1. The Labute approximate surface area is 136 Å². The first-order valence-corrected chi connectivity index (χ1v) is 8.31. The van der Waals surface area contributed by atoms with Gasteiger partial charge in [0.2, 0.25) is 0 Å². The van der Waals surface area contributed by atoms with Crippen LogP contribution in [-0.4, -0.2) is 23.6 Å². The topological polar surface area (TPSA) is 37.4 Å². The summed E-state index contributed by atoms with van der Waals surface area (Å²) in [7, 11) is 0. The molecule has 114 valence electrons. The van der Waals surface area contributed by atoms with Crippen LogP contribution in [0.15, 0.2) is 12.1 Å². The average Bonchev–Trinajstić information content (AvgIpc) is 2.74. The standard InChI is InChI=1S/C15H16BrClFNO2/c1-3-15(4-2,7-16)8-19-12-10(18)6-5-9(17)11(12)13(20)14(19)21/h5-6H,3-4,7-8H2,1-2H3. The predicted octanol–water partition coefficient (Wildman–Crippen LogP) is 4.21. The van der Waals surface area contributed by atoms with Gasteiger partial charge in [0.05, 0.1) is 16.3 Å². The molecular weight excluding hydrogens is 361 g/mol. The highest BCUT2D eigenvalue weighted by Gasteiger charge is 2.43. The Morgan fingerprint density at radius 3 is 2.43 bits per heavy atom. The molecule has 0 spiro atoms. The van der Waals surface area contributed by atoms with Crippen molar-refractivity contribution in [3.05, 3.63) is 28.5 Å². The zero-order valence-corrected chi connectivity index (χ0v) is 14.2. The second kappa shape index (κ2) is 6.05. The van der Waals surface area contributed by atoms with Gasteiger partial charge < -0.3 is 4.90 Å². The van der Waals surface area contributed by atoms with Crippen LogP contribution in [0.2, 0.25) is 5.02 Å². The number of hydrogen-bond donors (Lipinski definition) is 0. The molecule has 1 aliphatic heterocycles. The number of fused-ring (bicyclic) bond motifs is 1. The van der Waals surface area contributed by atoms with Gasteiger partial charge in [-0.15, -0.1) is 0 Å². The second-order valence-electron chi connectivity index (χ2n) is 5.31. The first kappa shape index (κ1) is 16.4. The molecular formula is C15H16BrClFNO2. The number of Topliss-reactive ketones (excluding diaryl/α,β-unsaturated/α-hetero) is 1. The fraction of sp³-hybridized carbons (Fsp3) is 0.467. The van der Waals surface area contributed by atoms with Gasteiger partial charge in [0, 0.05) is 11.9 Å². The van der Waals surface area contributed by atoms with Crippen LogP contribution in [0.5, 0.6) is 0 Å². The Kier molecular flexibility index (Phi) is 4.73. The molecule has 0 N–H and O–H groups in total. The molecule has 1 heterocycles. The van der Waals surface area contributed by atoms with E-state index in [-0.39, 0.29) is 21.7 Å². The van der Waals surface area contributed by atoms with E-state index < -0.39 is 17.5 Å². The number of alkyl halides is 1. The van der Waals surface area contributed by atoms with Crippen LogP contribution in [-0.2, 0) is 4.79 Å². The lowest BCUT2D eigenvalue weighted by Crippen LogP contribution is -2.41. The minimum absolute atomic E-state index is 0.0163. The van der Waals surface area contributed by atoms with Crippen LogP contribution < -0.4 is 4.90 Å². The van der Waals surface area contributed by atoms with Crippen molar-refractivity contribution in [3.8, 4) is 0 Å². The number of benzene rings is 1. The highest BCUT2D eigenvalue weighted by molar-refractivity contribution is 9.09. The Morgan fingerprint density at radius 1 is 1.29 bits per heavy atom. The van der Waals surface area contributed by atoms with Crippen molar-refractivity contribution in [3.63, 3.8) is 0 Å². The highest BCUT2D eigenvalue weighted by Crippen LogP contribution is 2.40. The molecule has 3 nitrogen and oxygen atoms in total. The van der Waals surface area contributed by atoms with Gasteiger partial charge in [0.25, 0.3) is 11.7 Å². The van der Waals surface area contributed by atoms with Crippen molar-refractivity contribution in [1.82, 2.24) is 0 Å². The minimum Gasteiger partial charge on any atom is -0.301 e. The fourth-order valence-corrected chi connectivity index (χ4v) is 3.75. The molecule has 1 aliphatic rings. The summed E-state index contributed by atoms with van der Waals surface area (Å²) >= 11 is 9.43. The van der Waals surface area contributed by atoms with Gasteiger partial charge in [-0.2, -0.15) is 0 Å². The van der Waals surface area contributed by atoms with Crippen molar-refractivity contribution in [2.24, 2.45) is 5.41 Å². The number of nitrogens with zero attached hydrogens (tertiary/aromatic N) is 1. The molecule has 0 fully saturated rings. The van der Waals surface area contributed by atoms with Gasteiger partial charge in [-0.1, -0.05) is 41.4 Å². The van der Waals surface area contributed by atoms with Crippen molar-refractivity contribution >= 4 is 44.9 Å². The summed E-state index contributed by atoms with van der Waals surface area (Å²) < 4.78 is 14.1. The molecule has 0 unspecified atom stereocenters. The molecule has 1 aromatic rings. The van der Waals surface area contributed by atoms with Crippen molar-refractivity contribution in [2.45, 2.75) is 26.7 Å². The van der Waals surface area contributed by atoms with Crippen molar-refractivity contribution < 1.29 is 14.0 Å². The van der Waals surface area contributed by atoms with Crippen LogP contribution in [0.25, 0.3) is 0 Å². The molecule has 0 aliphatic carbocycles. The van der Waals surface area contributed by atoms with Gasteiger partial charge in [0.1, 0.15) is 5.82 Å². The Hall–Kier alpha value is -0.940. The number of carbonyl (C=O) groups excluding carboxylic acids is 2. The summed E-state index contributed by atoms with van der Waals surface area (Å²) in [6.07, 6.45) is 1.62. The highest BCUT2D eigenvalue weighted by atomic mass is 79.9. The normalized spacial score (nSPS) is 14.8. The SMILES string of the molecule is CCC(CC)(CBr)CN1C(=O)C(=O)c2c(Cl)ccc(F)c21. The molecule has 1 amide bonds. The van der Waals surface area contributed by atoms with Crippen LogP contribution in [0.3, 0.4) is 0 Å². The molecule has 1 aromatic carbocycles. The number of halogens is 3. The van der Waals surface area contributed by atoms with Gasteiger partial charge >= 0.3 is 0 Å². The van der Waals surface area contributed by atoms with Gasteiger partial charge in [-0.05, 0) is 30.4 Å². The smallest absolute Gasteiger partial charge is 0.299 e. The van der Waals surface area contributed by atoms with E-state index in [1.807, 2.05) is 13.8 Å². The van der Waals surface area contributed by atoms with Crippen LogP contribution in [0.4, 0.5) is 10.1 Å². The quantitative estimate of drug-likeness (QED) is 0.570. The lowest BCUT2D eigenvalue weighted by Gasteiger charge is -2.34. The third-order valence-electron chi connectivity index (χ3n) is 4.29. The maximum absolute atomic E-state index is 14.1. The van der Waals surface area contributed by atoms with Crippen LogP contribution >= 0.6 is 27.5 Å². The van der Waals surface area contributed by atoms with Gasteiger partial charge in [-0.25, -0.2) is 4.39 Å². The van der Waals surface area contributed by atoms with E-state index in [1.54, 1.807) is 0 Å². The molecule has 6 heteroatoms. The number of amides is 1. The number of ketones is 1. The van der Waals surface area contributed by atoms with Gasteiger partial charge in [0.15, 0.2) is 0 Å². The number of hydrogen-bond acceptors (Lipinski definition) is 2. The van der Waals surface area contributed by atoms with Crippen LogP contribution in [0, 0.1) is 11.2 Å². The maximum Gasteiger partial charge on any atom is 0.299 e. The van der Waals surface area contributed by atoms with E-state index in [9.17, 15) is 14.0 Å². The Balaban J connectivity index is 2.51. The molecule has 0 bridgehead atoms. The average molecular weight is 377 g/mol. The fourth-order valence-electron chi connectivity index (χ4n) is 2.54. The van der Waals surface area contributed by atoms with Crippen LogP contribution in [0.1, 0.15) is 37.0 Å². The zero-order chi connectivity index (χ0) is 15.8. The van der Waals surface area contributed by atoms with E-state index in [2.05, 4.69) is 15.9 Å². The molecule has 2 rings (SSSR count). The first-order valence-electron chi connectivity index (χ1n) is 6.81. The van der Waals surface area contributed by atoms with E-state index in [0.29, 0.717) is 11.9 Å². The Bertz CT molecular complexity index is 593. The number of carbonyl (C=O) groups is 2. The summed E-state index contributed by atoms with van der Waals surface area (Å²) in [6, 6.07) is 2.50. The summed E-state index contributed by atoms with van der Waals surface area (Å²) in [5.74, 6) is -2.03. The summed E-state index contributed by atoms with van der Waals surface area (Å²) in [5, 5.41) is 0.785. The van der Waals surface area contributed by atoms with E-state index in [0.717, 1.165) is 12.8 Å². The molecule has 21 heavy (non-hydrogen) atoms. The monoisotopic (exact) mass is 375 g/mol. The molecule has 0 radical (unpaired) electrons. The molecule has 0 saturated heterocycles. The third kappa shape index (κ3) is 2.61. The molecule has 0 aromatic heterocycles. The predicted molar refractivity (Wildman–Crippen MR) is 84.9 cm³/mol. The van der Waals surface area contributed by atoms with E-state index in [4.69, 9.17) is 11.6 Å². The summed E-state index contributed by atoms with van der Waals surface area (Å²) in [5.41, 5.74) is -0.200. The summed E-state index contributed by atoms with van der Waals surface area (Å²) in [4.78, 5) is 25.5. The first-order chi connectivity index (χ1) is 9.90. The van der Waals surface area contributed by atoms with Crippen molar-refractivity contribution in [2.75, 3.05) is 16.8 Å². The Morgan fingerprint density at radius 2 is 1.90 bits per heavy atom. The summed E-state index contributed by atoms with van der Waals surface area (Å²) in [6.45, 7) is 4.32. The number of rotatable bonds is 5. The number of anilines is 1. The molecule has 0 atom stereocenters.